The Balaban J connectivity index is 0.00000324. The fourth-order valence-corrected chi connectivity index (χ4v) is 12.5. The molecule has 9 aliphatic rings. The minimum atomic E-state index is -1.22. The van der Waals surface area contributed by atoms with Crippen LogP contribution < -0.4 is 42.5 Å². The Morgan fingerprint density at radius 1 is 0.383 bits per heavy atom. The van der Waals surface area contributed by atoms with Gasteiger partial charge in [0.2, 0.25) is 0 Å². The van der Waals surface area contributed by atoms with E-state index in [4.69, 9.17) is 0 Å². The van der Waals surface area contributed by atoms with Crippen LogP contribution >= 0.6 is 0 Å². The molecule has 18 atom stereocenters. The van der Waals surface area contributed by atoms with E-state index in [-0.39, 0.29) is 93.9 Å². The quantitative estimate of drug-likeness (QED) is 0.115. The predicted molar refractivity (Wildman–Crippen MR) is 170 cm³/mol. The normalized spacial score (nSPS) is 53.5. The van der Waals surface area contributed by atoms with Crippen molar-refractivity contribution in [3.8, 4) is 0 Å². The van der Waals surface area contributed by atoms with Gasteiger partial charge in [0, 0.05) is 22.2 Å². The zero-order valence-electron chi connectivity index (χ0n) is 27.1. The van der Waals surface area contributed by atoms with E-state index in [1.54, 1.807) is 0 Å². The van der Waals surface area contributed by atoms with E-state index in [9.17, 15) is 20.2 Å². The smallest absolute Gasteiger partial charge is 0.286 e. The Hall–Kier alpha value is -0.780. The van der Waals surface area contributed by atoms with Crippen LogP contribution in [0.2, 0.25) is 0 Å². The molecular weight excluding hydrogens is 696 g/mol. The van der Waals surface area contributed by atoms with Gasteiger partial charge in [-0.2, -0.15) is 0 Å². The van der Waals surface area contributed by atoms with E-state index in [1.165, 1.54) is 70.6 Å². The van der Waals surface area contributed by atoms with Crippen LogP contribution in [0, 0.1) is 67.6 Å². The van der Waals surface area contributed by atoms with Gasteiger partial charge in [-0.15, -0.1) is 0 Å². The van der Waals surface area contributed by atoms with Crippen LogP contribution in [-0.2, 0) is 22.4 Å². The molecule has 0 amide bonds. The van der Waals surface area contributed by atoms with Crippen molar-refractivity contribution in [3.05, 3.63) is 20.2 Å². The Morgan fingerprint density at radius 3 is 0.979 bits per heavy atom. The summed E-state index contributed by atoms with van der Waals surface area (Å²) >= 11 is 0. The minimum Gasteiger partial charge on any atom is -0.286 e. The van der Waals surface area contributed by atoms with Crippen molar-refractivity contribution in [2.75, 3.05) is 0 Å². The maximum Gasteiger partial charge on any atom is 1.00 e. The summed E-state index contributed by atoms with van der Waals surface area (Å²) < 4.78 is 0. The van der Waals surface area contributed by atoms with Crippen molar-refractivity contribution < 1.29 is 32.2 Å². The number of nitrogens with zero attached hydrogens (tertiary/aromatic N) is 2. The van der Waals surface area contributed by atoms with E-state index in [0.29, 0.717) is 41.9 Å². The third-order valence-corrected chi connectivity index (χ3v) is 14.5. The van der Waals surface area contributed by atoms with Gasteiger partial charge in [0.05, 0.1) is 55.2 Å². The molecular formula is C32H54AgN10O4+. The molecule has 8 bridgehead atoms. The summed E-state index contributed by atoms with van der Waals surface area (Å²) in [4.78, 5) is 24.1. The minimum absolute atomic E-state index is 0. The topological polar surface area (TPSA) is 183 Å². The Bertz CT molecular complexity index is 1190. The number of nitro groups is 2. The summed E-state index contributed by atoms with van der Waals surface area (Å²) in [6.07, 6.45) is 15.9. The summed E-state index contributed by atoms with van der Waals surface area (Å²) in [6, 6.07) is -2.38. The molecule has 47 heavy (non-hydrogen) atoms. The molecule has 4 saturated carbocycles. The molecule has 15 heteroatoms. The second-order valence-electron chi connectivity index (χ2n) is 16.4. The molecule has 9 fully saturated rings. The molecule has 18 unspecified atom stereocenters. The van der Waals surface area contributed by atoms with Gasteiger partial charge in [-0.3, -0.25) is 62.8 Å². The molecule has 9 rings (SSSR count). The fraction of sp³-hybridized carbons (Fsp3) is 1.00. The zero-order valence-corrected chi connectivity index (χ0v) is 28.6. The van der Waals surface area contributed by atoms with Gasteiger partial charge < -0.3 is 0 Å². The molecule has 0 aromatic carbocycles. The van der Waals surface area contributed by atoms with Crippen molar-refractivity contribution in [2.24, 2.45) is 47.3 Å². The van der Waals surface area contributed by atoms with Gasteiger partial charge >= 0.3 is 22.4 Å². The Kier molecular flexibility index (Phi) is 9.52. The van der Waals surface area contributed by atoms with Gasteiger partial charge in [0.15, 0.2) is 0 Å². The molecule has 266 valence electrons. The maximum atomic E-state index is 12.6. The first-order valence-electron chi connectivity index (χ1n) is 18.8. The van der Waals surface area contributed by atoms with Crippen LogP contribution in [0.1, 0.15) is 89.9 Å². The number of nitrogens with one attached hydrogen (secondary N) is 8. The van der Waals surface area contributed by atoms with Crippen molar-refractivity contribution >= 4 is 0 Å². The van der Waals surface area contributed by atoms with Crippen LogP contribution in [0.15, 0.2) is 0 Å². The molecule has 0 radical (unpaired) electrons. The molecule has 8 N–H and O–H groups in total. The number of fused-ring (bicyclic) bond motifs is 20. The van der Waals surface area contributed by atoms with Crippen LogP contribution in [0.5, 0.6) is 0 Å². The molecule has 0 aromatic rings. The van der Waals surface area contributed by atoms with Gasteiger partial charge in [-0.05, 0) is 80.5 Å². The van der Waals surface area contributed by atoms with E-state index in [0.717, 1.165) is 6.42 Å². The second-order valence-corrected chi connectivity index (χ2v) is 16.4. The van der Waals surface area contributed by atoms with E-state index < -0.39 is 18.0 Å². The summed E-state index contributed by atoms with van der Waals surface area (Å²) in [5, 5.41) is 56.8. The van der Waals surface area contributed by atoms with Gasteiger partial charge in [0.1, 0.15) is 0 Å². The standard InChI is InChI=1S/C32H54N10O4.Ag/c43-41(44)22-14-13-21-23(24(22)42(45)46)32-39-30-20-12-6-5-11-19(20)28(37-30)35-26-16-8-2-1-7-15(16)25(33-26)34-27-17-9-3-4-10-18(17)29(36-27)38-31(21)40-32;/h15-40H,1-14H2;/q;+1. The fourth-order valence-electron chi connectivity index (χ4n) is 12.5. The molecule has 14 nitrogen and oxygen atoms in total. The first-order valence-corrected chi connectivity index (χ1v) is 18.8. The average Bonchev–Trinajstić information content (AvgIpc) is 3.80. The number of rotatable bonds is 2. The average molecular weight is 751 g/mol. The molecule has 0 spiro atoms. The monoisotopic (exact) mass is 749 g/mol. The molecule has 0 aromatic heterocycles. The maximum absolute atomic E-state index is 12.6. The van der Waals surface area contributed by atoms with Gasteiger partial charge in [0.25, 0.3) is 12.1 Å². The molecule has 5 saturated heterocycles. The van der Waals surface area contributed by atoms with E-state index in [2.05, 4.69) is 42.5 Å². The number of hydrogen-bond donors (Lipinski definition) is 8. The summed E-state index contributed by atoms with van der Waals surface area (Å²) in [5.74, 6) is 2.58. The summed E-state index contributed by atoms with van der Waals surface area (Å²) in [5.41, 5.74) is 0. The van der Waals surface area contributed by atoms with Crippen LogP contribution in [0.25, 0.3) is 0 Å². The molecule has 5 heterocycles. The molecule has 5 aliphatic heterocycles. The van der Waals surface area contributed by atoms with Crippen molar-refractivity contribution in [2.45, 2.75) is 151 Å². The van der Waals surface area contributed by atoms with Gasteiger partial charge in [-0.25, -0.2) is 0 Å². The summed E-state index contributed by atoms with van der Waals surface area (Å²) in [7, 11) is 0. The Labute approximate surface area is 292 Å². The van der Waals surface area contributed by atoms with Crippen LogP contribution in [0.3, 0.4) is 0 Å². The number of hydrogen-bond acceptors (Lipinski definition) is 12. The van der Waals surface area contributed by atoms with Crippen LogP contribution in [-0.4, -0.2) is 71.3 Å². The van der Waals surface area contributed by atoms with Gasteiger partial charge in [-0.1, -0.05) is 38.5 Å². The van der Waals surface area contributed by atoms with E-state index in [1.807, 2.05) is 0 Å². The third kappa shape index (κ3) is 5.75. The zero-order chi connectivity index (χ0) is 31.1. The Morgan fingerprint density at radius 2 is 0.681 bits per heavy atom. The summed E-state index contributed by atoms with van der Waals surface area (Å²) in [6.45, 7) is 0. The van der Waals surface area contributed by atoms with E-state index >= 15 is 0 Å². The SMILES string of the molecule is O=[N+]([O-])C1CCC2C3NC4NC(NC5NC(NC6NC(NC(N3)C2C1[N+](=O)[O-])C1CCCCC61)C1CCCCC51)C1CCCCC41.[Ag+]. The second kappa shape index (κ2) is 13.4. The van der Waals surface area contributed by atoms with Crippen molar-refractivity contribution in [1.82, 2.24) is 42.5 Å². The van der Waals surface area contributed by atoms with Crippen molar-refractivity contribution in [3.63, 3.8) is 0 Å². The van der Waals surface area contributed by atoms with Crippen LogP contribution in [0.4, 0.5) is 0 Å². The third-order valence-electron chi connectivity index (χ3n) is 14.5. The van der Waals surface area contributed by atoms with Crippen molar-refractivity contribution in [1.29, 1.82) is 0 Å². The molecule has 4 aliphatic carbocycles. The first kappa shape index (κ1) is 33.4. The first-order chi connectivity index (χ1) is 22.4. The largest absolute Gasteiger partial charge is 1.00 e. The predicted octanol–water partition coefficient (Wildman–Crippen LogP) is 1.11.